The van der Waals surface area contributed by atoms with Crippen LogP contribution in [0.1, 0.15) is 12.5 Å². The molecule has 1 rings (SSSR count). The van der Waals surface area contributed by atoms with E-state index >= 15 is 0 Å². The summed E-state index contributed by atoms with van der Waals surface area (Å²) in [4.78, 5) is 11.3. The second-order valence-electron chi connectivity index (χ2n) is 3.34. The van der Waals surface area contributed by atoms with Gasteiger partial charge in [-0.1, -0.05) is 6.07 Å². The zero-order chi connectivity index (χ0) is 12.1. The maximum Gasteiger partial charge on any atom is 0.249 e. The molecule has 88 valence electrons. The monoisotopic (exact) mass is 229 g/mol. The van der Waals surface area contributed by atoms with Crippen LogP contribution in [0.4, 0.5) is 8.78 Å². The van der Waals surface area contributed by atoms with Gasteiger partial charge in [0.2, 0.25) is 5.91 Å². The van der Waals surface area contributed by atoms with Crippen LogP contribution in [-0.2, 0) is 16.1 Å². The molecule has 0 heterocycles. The Balaban J connectivity index is 2.55. The molecule has 0 aliphatic heterocycles. The van der Waals surface area contributed by atoms with Gasteiger partial charge in [0.25, 0.3) is 0 Å². The van der Waals surface area contributed by atoms with Crippen molar-refractivity contribution < 1.29 is 18.3 Å². The van der Waals surface area contributed by atoms with Gasteiger partial charge in [-0.3, -0.25) is 4.79 Å². The van der Waals surface area contributed by atoms with Crippen molar-refractivity contribution in [1.82, 2.24) is 5.32 Å². The van der Waals surface area contributed by atoms with Gasteiger partial charge in [-0.25, -0.2) is 8.78 Å². The second kappa shape index (κ2) is 5.55. The van der Waals surface area contributed by atoms with Crippen LogP contribution in [0.2, 0.25) is 0 Å². The van der Waals surface area contributed by atoms with E-state index in [1.807, 2.05) is 0 Å². The normalized spacial score (nSPS) is 12.2. The smallest absolute Gasteiger partial charge is 0.249 e. The lowest BCUT2D eigenvalue weighted by atomic mass is 10.2. The third kappa shape index (κ3) is 3.27. The molecule has 0 aromatic heterocycles. The summed E-state index contributed by atoms with van der Waals surface area (Å²) in [5.41, 5.74) is 0.496. The highest BCUT2D eigenvalue weighted by Gasteiger charge is 2.11. The van der Waals surface area contributed by atoms with Gasteiger partial charge in [0.15, 0.2) is 11.6 Å². The van der Waals surface area contributed by atoms with E-state index in [0.29, 0.717) is 5.56 Å². The van der Waals surface area contributed by atoms with Gasteiger partial charge >= 0.3 is 0 Å². The lowest BCUT2D eigenvalue weighted by Gasteiger charge is -2.10. The Kier molecular flexibility index (Phi) is 4.37. The molecule has 1 N–H and O–H groups in total. The fourth-order valence-corrected chi connectivity index (χ4v) is 1.09. The molecule has 0 fully saturated rings. The molecular formula is C11H13F2NO2. The number of benzene rings is 1. The molecule has 1 aromatic carbocycles. The standard InChI is InChI=1S/C11H13F2NO2/c1-7(16-2)11(15)14-6-8-3-4-9(12)10(13)5-8/h3-5,7H,6H2,1-2H3,(H,14,15). The largest absolute Gasteiger partial charge is 0.372 e. The Hall–Kier alpha value is -1.49. The lowest BCUT2D eigenvalue weighted by molar-refractivity contribution is -0.130. The van der Waals surface area contributed by atoms with Gasteiger partial charge in [-0.15, -0.1) is 0 Å². The van der Waals surface area contributed by atoms with E-state index in [1.54, 1.807) is 6.92 Å². The average molecular weight is 229 g/mol. The summed E-state index contributed by atoms with van der Waals surface area (Å²) in [6.45, 7) is 1.74. The molecule has 0 saturated carbocycles. The summed E-state index contributed by atoms with van der Waals surface area (Å²) in [5, 5.41) is 2.54. The minimum Gasteiger partial charge on any atom is -0.372 e. The van der Waals surface area contributed by atoms with E-state index < -0.39 is 17.7 Å². The summed E-state index contributed by atoms with van der Waals surface area (Å²) in [6.07, 6.45) is -0.565. The molecule has 0 saturated heterocycles. The van der Waals surface area contributed by atoms with Crippen molar-refractivity contribution >= 4 is 5.91 Å². The van der Waals surface area contributed by atoms with Gasteiger partial charge in [0, 0.05) is 13.7 Å². The number of halogens is 2. The van der Waals surface area contributed by atoms with Crippen molar-refractivity contribution in [2.24, 2.45) is 0 Å². The Labute approximate surface area is 92.4 Å². The maximum absolute atomic E-state index is 12.8. The molecular weight excluding hydrogens is 216 g/mol. The van der Waals surface area contributed by atoms with Crippen molar-refractivity contribution in [2.75, 3.05) is 7.11 Å². The van der Waals surface area contributed by atoms with Crippen molar-refractivity contribution in [2.45, 2.75) is 19.6 Å². The van der Waals surface area contributed by atoms with Crippen LogP contribution in [0, 0.1) is 11.6 Å². The van der Waals surface area contributed by atoms with Gasteiger partial charge in [0.05, 0.1) is 0 Å². The number of amides is 1. The van der Waals surface area contributed by atoms with Crippen molar-refractivity contribution in [3.8, 4) is 0 Å². The zero-order valence-corrected chi connectivity index (χ0v) is 9.09. The van der Waals surface area contributed by atoms with E-state index in [4.69, 9.17) is 4.74 Å². The summed E-state index contributed by atoms with van der Waals surface area (Å²) < 4.78 is 30.2. The summed E-state index contributed by atoms with van der Waals surface area (Å²) in [5.74, 6) is -2.13. The van der Waals surface area contributed by atoms with Crippen molar-refractivity contribution in [1.29, 1.82) is 0 Å². The number of carbonyl (C=O) groups is 1. The Morgan fingerprint density at radius 2 is 2.12 bits per heavy atom. The van der Waals surface area contributed by atoms with Crippen molar-refractivity contribution in [3.05, 3.63) is 35.4 Å². The molecule has 16 heavy (non-hydrogen) atoms. The number of hydrogen-bond donors (Lipinski definition) is 1. The number of nitrogens with one attached hydrogen (secondary N) is 1. The number of methoxy groups -OCH3 is 1. The Bertz CT molecular complexity index is 382. The first kappa shape index (κ1) is 12.6. The van der Waals surface area contributed by atoms with Gasteiger partial charge in [-0.05, 0) is 24.6 Å². The number of ether oxygens (including phenoxy) is 1. The van der Waals surface area contributed by atoms with Crippen LogP contribution in [0.3, 0.4) is 0 Å². The Morgan fingerprint density at radius 1 is 1.44 bits per heavy atom. The fraction of sp³-hybridized carbons (Fsp3) is 0.364. The van der Waals surface area contributed by atoms with E-state index in [9.17, 15) is 13.6 Å². The highest BCUT2D eigenvalue weighted by atomic mass is 19.2. The number of rotatable bonds is 4. The maximum atomic E-state index is 12.8. The first-order valence-electron chi connectivity index (χ1n) is 4.79. The average Bonchev–Trinajstić information content (AvgIpc) is 2.29. The molecule has 3 nitrogen and oxygen atoms in total. The van der Waals surface area contributed by atoms with Gasteiger partial charge in [0.1, 0.15) is 6.10 Å². The fourth-order valence-electron chi connectivity index (χ4n) is 1.09. The van der Waals surface area contributed by atoms with Gasteiger partial charge in [-0.2, -0.15) is 0 Å². The first-order chi connectivity index (χ1) is 7.54. The van der Waals surface area contributed by atoms with Crippen LogP contribution in [0.15, 0.2) is 18.2 Å². The predicted molar refractivity (Wildman–Crippen MR) is 54.7 cm³/mol. The minimum absolute atomic E-state index is 0.143. The summed E-state index contributed by atoms with van der Waals surface area (Å²) in [6, 6.07) is 3.49. The van der Waals surface area contributed by atoms with Crippen LogP contribution in [0.5, 0.6) is 0 Å². The third-order valence-corrected chi connectivity index (χ3v) is 2.17. The van der Waals surface area contributed by atoms with Crippen LogP contribution in [0.25, 0.3) is 0 Å². The molecule has 1 amide bonds. The molecule has 0 aliphatic carbocycles. The first-order valence-corrected chi connectivity index (χ1v) is 4.79. The summed E-state index contributed by atoms with van der Waals surface area (Å²) >= 11 is 0. The molecule has 0 aliphatic rings. The Morgan fingerprint density at radius 3 is 2.69 bits per heavy atom. The molecule has 0 bridgehead atoms. The van der Waals surface area contributed by atoms with E-state index in [1.165, 1.54) is 13.2 Å². The molecule has 0 radical (unpaired) electrons. The SMILES string of the molecule is COC(C)C(=O)NCc1ccc(F)c(F)c1. The van der Waals surface area contributed by atoms with Gasteiger partial charge < -0.3 is 10.1 Å². The lowest BCUT2D eigenvalue weighted by Crippen LogP contribution is -2.33. The summed E-state index contributed by atoms with van der Waals surface area (Å²) in [7, 11) is 1.42. The highest BCUT2D eigenvalue weighted by molar-refractivity contribution is 5.80. The predicted octanol–water partition coefficient (Wildman–Crippen LogP) is 1.62. The molecule has 1 aromatic rings. The highest BCUT2D eigenvalue weighted by Crippen LogP contribution is 2.08. The zero-order valence-electron chi connectivity index (χ0n) is 9.09. The molecule has 1 unspecified atom stereocenters. The topological polar surface area (TPSA) is 38.3 Å². The van der Waals surface area contributed by atoms with Crippen LogP contribution >= 0.6 is 0 Å². The number of carbonyl (C=O) groups excluding carboxylic acids is 1. The van der Waals surface area contributed by atoms with Crippen molar-refractivity contribution in [3.63, 3.8) is 0 Å². The molecule has 0 spiro atoms. The van der Waals surface area contributed by atoms with Crippen LogP contribution < -0.4 is 5.32 Å². The van der Waals surface area contributed by atoms with Crippen LogP contribution in [-0.4, -0.2) is 19.1 Å². The van der Waals surface area contributed by atoms with E-state index in [2.05, 4.69) is 5.32 Å². The minimum atomic E-state index is -0.925. The quantitative estimate of drug-likeness (QED) is 0.851. The second-order valence-corrected chi connectivity index (χ2v) is 3.34. The van der Waals surface area contributed by atoms with E-state index in [0.717, 1.165) is 12.1 Å². The molecule has 5 heteroatoms. The van der Waals surface area contributed by atoms with E-state index in [-0.39, 0.29) is 12.5 Å². The number of hydrogen-bond acceptors (Lipinski definition) is 2. The molecule has 1 atom stereocenters. The third-order valence-electron chi connectivity index (χ3n) is 2.17.